The molecule has 1 amide bonds. The third-order valence-electron chi connectivity index (χ3n) is 11.2. The summed E-state index contributed by atoms with van der Waals surface area (Å²) in [5, 5.41) is 4.15. The summed E-state index contributed by atoms with van der Waals surface area (Å²) in [7, 11) is 0. The number of nitrogens with zero attached hydrogens (tertiary/aromatic N) is 4. The number of carbonyl (C=O) groups excluding carboxylic acids is 1. The minimum Gasteiger partial charge on any atom is -0.334 e. The Balaban J connectivity index is 1.05. The first-order chi connectivity index (χ1) is 20.5. The fourth-order valence-electron chi connectivity index (χ4n) is 8.57. The number of anilines is 1. The van der Waals surface area contributed by atoms with Crippen LogP contribution in [0.5, 0.6) is 0 Å². The number of rotatable bonds is 8. The topological polar surface area (TPSA) is 72.1 Å². The van der Waals surface area contributed by atoms with Gasteiger partial charge in [-0.15, -0.1) is 0 Å². The fourth-order valence-corrected chi connectivity index (χ4v) is 8.57. The highest BCUT2D eigenvalue weighted by Gasteiger charge is 2.69. The summed E-state index contributed by atoms with van der Waals surface area (Å²) in [6, 6.07) is 9.92. The number of carbonyl (C=O) groups is 1. The third kappa shape index (κ3) is 4.67. The van der Waals surface area contributed by atoms with Crippen LogP contribution in [-0.4, -0.2) is 33.2 Å². The maximum Gasteiger partial charge on any atom is 0.416 e. The van der Waals surface area contributed by atoms with Crippen LogP contribution in [0.4, 0.5) is 23.2 Å². The highest BCUT2D eigenvalue weighted by atomic mass is 19.4. The Kier molecular flexibility index (Phi) is 5.78. The number of hydrogen-bond acceptors (Lipinski definition) is 5. The molecule has 43 heavy (non-hydrogen) atoms. The lowest BCUT2D eigenvalue weighted by Crippen LogP contribution is -2.65. The molecular weight excluding hydrogens is 560 g/mol. The van der Waals surface area contributed by atoms with Crippen molar-refractivity contribution in [1.82, 2.24) is 15.1 Å². The molecule has 1 aromatic carbocycles. The molecule has 4 bridgehead atoms. The molecule has 0 N–H and O–H groups in total. The van der Waals surface area contributed by atoms with Crippen molar-refractivity contribution >= 4 is 11.6 Å². The van der Waals surface area contributed by atoms with Crippen LogP contribution >= 0.6 is 0 Å². The third-order valence-corrected chi connectivity index (χ3v) is 11.2. The van der Waals surface area contributed by atoms with Crippen LogP contribution in [0.3, 0.4) is 0 Å². The Morgan fingerprint density at radius 2 is 1.70 bits per heavy atom. The second-order valence-corrected chi connectivity index (χ2v) is 14.3. The first-order valence-corrected chi connectivity index (χ1v) is 15.4. The Morgan fingerprint density at radius 3 is 2.35 bits per heavy atom. The van der Waals surface area contributed by atoms with Gasteiger partial charge >= 0.3 is 6.18 Å². The zero-order valence-corrected chi connectivity index (χ0v) is 23.9. The summed E-state index contributed by atoms with van der Waals surface area (Å²) in [5.41, 5.74) is -0.419. The maximum atomic E-state index is 14.3. The predicted octanol–water partition coefficient (Wildman–Crippen LogP) is 7.94. The van der Waals surface area contributed by atoms with E-state index in [0.717, 1.165) is 74.5 Å². The van der Waals surface area contributed by atoms with Crippen LogP contribution in [0.1, 0.15) is 100 Å². The average Bonchev–Trinajstić information content (AvgIpc) is 3.71. The first kappa shape index (κ1) is 27.3. The lowest BCUT2D eigenvalue weighted by Gasteiger charge is -2.66. The lowest BCUT2D eigenvalue weighted by molar-refractivity contribution is -0.215. The SMILES string of the molecule is O=C(CC12CC(F)(C1)C2)N(CC12CCC(c3cc(C(F)(F)F)ccn3)(CC1)CC2)c1cccc(-c2nc(C3CC3)no2)c1. The summed E-state index contributed by atoms with van der Waals surface area (Å²) < 4.78 is 60.3. The number of pyridine rings is 1. The smallest absolute Gasteiger partial charge is 0.334 e. The Morgan fingerprint density at radius 1 is 0.977 bits per heavy atom. The van der Waals surface area contributed by atoms with E-state index < -0.39 is 17.4 Å². The fraction of sp³-hybridized carbons (Fsp3) is 0.576. The molecule has 0 spiro atoms. The van der Waals surface area contributed by atoms with Gasteiger partial charge in [-0.2, -0.15) is 18.2 Å². The van der Waals surface area contributed by atoms with E-state index in [1.807, 2.05) is 29.2 Å². The minimum absolute atomic E-state index is 0.000529. The highest BCUT2D eigenvalue weighted by molar-refractivity contribution is 5.94. The van der Waals surface area contributed by atoms with Crippen LogP contribution in [0.2, 0.25) is 0 Å². The number of halogens is 4. The molecule has 7 aliphatic carbocycles. The van der Waals surface area contributed by atoms with E-state index in [1.54, 1.807) is 0 Å². The molecular formula is C33H34F4N4O2. The summed E-state index contributed by atoms with van der Waals surface area (Å²) in [6.07, 6.45) is 5.35. The summed E-state index contributed by atoms with van der Waals surface area (Å²) in [6.45, 7) is 0.523. The summed E-state index contributed by atoms with van der Waals surface area (Å²) >= 11 is 0. The van der Waals surface area contributed by atoms with Crippen molar-refractivity contribution in [3.8, 4) is 11.5 Å². The molecule has 0 radical (unpaired) electrons. The number of amides is 1. The average molecular weight is 595 g/mol. The van der Waals surface area contributed by atoms with E-state index in [4.69, 9.17) is 4.52 Å². The molecule has 3 aromatic rings. The largest absolute Gasteiger partial charge is 0.416 e. The van der Waals surface area contributed by atoms with Gasteiger partial charge in [0.25, 0.3) is 5.89 Å². The van der Waals surface area contributed by atoms with Gasteiger partial charge in [-0.05, 0) is 112 Å². The van der Waals surface area contributed by atoms with Gasteiger partial charge in [0.2, 0.25) is 5.91 Å². The van der Waals surface area contributed by atoms with E-state index >= 15 is 0 Å². The van der Waals surface area contributed by atoms with Crippen molar-refractivity contribution in [2.24, 2.45) is 10.8 Å². The molecule has 10 heteroatoms. The lowest BCUT2D eigenvalue weighted by atomic mass is 9.41. The van der Waals surface area contributed by atoms with Crippen LogP contribution in [-0.2, 0) is 16.4 Å². The highest BCUT2D eigenvalue weighted by Crippen LogP contribution is 2.71. The quantitative estimate of drug-likeness (QED) is 0.248. The van der Waals surface area contributed by atoms with E-state index in [1.165, 1.54) is 12.3 Å². The molecule has 7 fully saturated rings. The maximum absolute atomic E-state index is 14.3. The molecule has 0 saturated heterocycles. The monoisotopic (exact) mass is 594 g/mol. The zero-order chi connectivity index (χ0) is 29.7. The van der Waals surface area contributed by atoms with Crippen LogP contribution in [0.25, 0.3) is 11.5 Å². The van der Waals surface area contributed by atoms with Crippen molar-refractivity contribution in [2.75, 3.05) is 11.4 Å². The summed E-state index contributed by atoms with van der Waals surface area (Å²) in [5.74, 6) is 1.51. The van der Waals surface area contributed by atoms with Gasteiger partial charge in [0, 0.05) is 47.4 Å². The normalized spacial score (nSPS) is 32.7. The van der Waals surface area contributed by atoms with Gasteiger partial charge in [-0.25, -0.2) is 4.39 Å². The molecule has 2 aromatic heterocycles. The molecule has 7 aliphatic rings. The molecule has 0 atom stereocenters. The Bertz CT molecular complexity index is 1550. The second-order valence-electron chi connectivity index (χ2n) is 14.3. The molecule has 7 saturated carbocycles. The Hall–Kier alpha value is -3.30. The van der Waals surface area contributed by atoms with Crippen LogP contribution in [0.15, 0.2) is 47.1 Å². The van der Waals surface area contributed by atoms with Crippen molar-refractivity contribution in [3.05, 3.63) is 59.7 Å². The van der Waals surface area contributed by atoms with Gasteiger partial charge in [-0.1, -0.05) is 11.2 Å². The molecule has 226 valence electrons. The molecule has 10 rings (SSSR count). The predicted molar refractivity (Wildman–Crippen MR) is 150 cm³/mol. The van der Waals surface area contributed by atoms with Crippen LogP contribution in [0, 0.1) is 10.8 Å². The number of benzene rings is 1. The van der Waals surface area contributed by atoms with Gasteiger partial charge in [0.1, 0.15) is 5.67 Å². The number of hydrogen-bond donors (Lipinski definition) is 0. The van der Waals surface area contributed by atoms with Gasteiger partial charge in [0.05, 0.1) is 5.56 Å². The van der Waals surface area contributed by atoms with E-state index in [-0.39, 0.29) is 22.2 Å². The first-order valence-electron chi connectivity index (χ1n) is 15.4. The van der Waals surface area contributed by atoms with Gasteiger partial charge in [0.15, 0.2) is 5.82 Å². The molecule has 6 nitrogen and oxygen atoms in total. The Labute approximate surface area is 247 Å². The van der Waals surface area contributed by atoms with Gasteiger partial charge in [-0.3, -0.25) is 9.78 Å². The zero-order valence-electron chi connectivity index (χ0n) is 23.9. The van der Waals surface area contributed by atoms with E-state index in [0.29, 0.717) is 49.7 Å². The van der Waals surface area contributed by atoms with E-state index in [9.17, 15) is 22.4 Å². The summed E-state index contributed by atoms with van der Waals surface area (Å²) in [4.78, 5) is 24.9. The molecule has 0 unspecified atom stereocenters. The van der Waals surface area contributed by atoms with Crippen molar-refractivity contribution in [1.29, 1.82) is 0 Å². The molecule has 0 aliphatic heterocycles. The number of fused-ring (bicyclic) bond motifs is 3. The molecule has 2 heterocycles. The minimum atomic E-state index is -4.40. The van der Waals surface area contributed by atoms with Crippen molar-refractivity contribution in [2.45, 2.75) is 100 Å². The van der Waals surface area contributed by atoms with Crippen molar-refractivity contribution in [3.63, 3.8) is 0 Å². The van der Waals surface area contributed by atoms with Crippen LogP contribution < -0.4 is 4.90 Å². The van der Waals surface area contributed by atoms with Crippen molar-refractivity contribution < 1.29 is 26.9 Å². The number of aromatic nitrogens is 3. The van der Waals surface area contributed by atoms with Gasteiger partial charge < -0.3 is 9.42 Å². The van der Waals surface area contributed by atoms with E-state index in [2.05, 4.69) is 15.1 Å². The second kappa shape index (κ2) is 9.11. The standard InChI is InChI=1S/C33H34F4N4O2/c34-32-17-30(18-32,19-32)16-26(42)41(24-3-1-2-22(14-24)28-39-27(40-43-28)21-4-5-21)20-29-7-10-31(11-8-29,12-9-29)25-15-23(6-13-38-25)33(35,36)37/h1-3,6,13-15,21H,4-5,7-12,16-20H2. The number of alkyl halides is 4.